The second kappa shape index (κ2) is 5.33. The van der Waals surface area contributed by atoms with Crippen molar-refractivity contribution in [2.45, 2.75) is 19.0 Å². The van der Waals surface area contributed by atoms with Gasteiger partial charge in [0.15, 0.2) is 0 Å². The number of carbonyl (C=O) groups is 1. The second-order valence-electron chi connectivity index (χ2n) is 3.23. The van der Waals surface area contributed by atoms with Crippen LogP contribution in [0, 0.1) is 3.70 Å². The minimum atomic E-state index is -5.08. The van der Waals surface area contributed by atoms with Crippen molar-refractivity contribution in [1.29, 1.82) is 0 Å². The highest BCUT2D eigenvalue weighted by atomic mass is 127. The standard InChI is InChI=1S/C9H5F5INO2/c10-8(11)7-6(9(12,13)14)3(2-5(17)18)1-4(15)16-7/h1,8H,2H2,(H,17,18). The molecule has 100 valence electrons. The van der Waals surface area contributed by atoms with Crippen molar-refractivity contribution in [1.82, 2.24) is 4.98 Å². The molecule has 0 fully saturated rings. The number of rotatable bonds is 3. The van der Waals surface area contributed by atoms with Crippen LogP contribution in [0.1, 0.15) is 23.2 Å². The topological polar surface area (TPSA) is 50.2 Å². The quantitative estimate of drug-likeness (QED) is 0.497. The summed E-state index contributed by atoms with van der Waals surface area (Å²) < 4.78 is 63.0. The van der Waals surface area contributed by atoms with Crippen LogP contribution >= 0.6 is 22.6 Å². The van der Waals surface area contributed by atoms with Crippen molar-refractivity contribution in [3.8, 4) is 0 Å². The van der Waals surface area contributed by atoms with Gasteiger partial charge in [-0.25, -0.2) is 13.8 Å². The minimum absolute atomic E-state index is 0.118. The van der Waals surface area contributed by atoms with Crippen LogP contribution < -0.4 is 0 Å². The van der Waals surface area contributed by atoms with E-state index in [0.717, 1.165) is 6.07 Å². The largest absolute Gasteiger partial charge is 0.481 e. The normalized spacial score (nSPS) is 11.9. The lowest BCUT2D eigenvalue weighted by molar-refractivity contribution is -0.141. The van der Waals surface area contributed by atoms with Crippen LogP contribution in [0.15, 0.2) is 6.07 Å². The number of nitrogens with zero attached hydrogens (tertiary/aromatic N) is 1. The SMILES string of the molecule is O=C(O)Cc1cc(I)nc(C(F)F)c1C(F)(F)F. The predicted molar refractivity (Wildman–Crippen MR) is 58.3 cm³/mol. The maximum Gasteiger partial charge on any atom is 0.418 e. The molecule has 1 N–H and O–H groups in total. The second-order valence-corrected chi connectivity index (χ2v) is 4.34. The van der Waals surface area contributed by atoms with E-state index in [0.29, 0.717) is 0 Å². The van der Waals surface area contributed by atoms with Gasteiger partial charge in [-0.3, -0.25) is 4.79 Å². The Morgan fingerprint density at radius 3 is 2.39 bits per heavy atom. The molecule has 1 heterocycles. The molecular weight excluding hydrogens is 376 g/mol. The van der Waals surface area contributed by atoms with Crippen LogP contribution in [0.5, 0.6) is 0 Å². The van der Waals surface area contributed by atoms with Crippen LogP contribution in [0.4, 0.5) is 22.0 Å². The Labute approximate surface area is 111 Å². The van der Waals surface area contributed by atoms with Crippen molar-refractivity contribution >= 4 is 28.6 Å². The molecule has 0 atom stereocenters. The molecule has 0 radical (unpaired) electrons. The third-order valence-corrected chi connectivity index (χ3v) is 2.48. The zero-order valence-electron chi connectivity index (χ0n) is 8.43. The lowest BCUT2D eigenvalue weighted by Crippen LogP contribution is -2.17. The molecule has 0 spiro atoms. The maximum atomic E-state index is 12.7. The minimum Gasteiger partial charge on any atom is -0.481 e. The van der Waals surface area contributed by atoms with Gasteiger partial charge in [-0.15, -0.1) is 0 Å². The Bertz CT molecular complexity index is 475. The molecule has 0 unspecified atom stereocenters. The lowest BCUT2D eigenvalue weighted by Gasteiger charge is -2.16. The average Bonchev–Trinajstić information content (AvgIpc) is 2.12. The first-order valence-corrected chi connectivity index (χ1v) is 5.47. The van der Waals surface area contributed by atoms with Gasteiger partial charge in [-0.2, -0.15) is 13.2 Å². The van der Waals surface area contributed by atoms with Crippen molar-refractivity contribution < 1.29 is 31.9 Å². The van der Waals surface area contributed by atoms with Gasteiger partial charge < -0.3 is 5.11 Å². The Morgan fingerprint density at radius 2 is 2.00 bits per heavy atom. The fourth-order valence-electron chi connectivity index (χ4n) is 1.37. The van der Waals surface area contributed by atoms with E-state index >= 15 is 0 Å². The lowest BCUT2D eigenvalue weighted by atomic mass is 10.0. The molecule has 9 heteroatoms. The smallest absolute Gasteiger partial charge is 0.418 e. The Morgan fingerprint density at radius 1 is 1.44 bits per heavy atom. The van der Waals surface area contributed by atoms with E-state index in [1.165, 1.54) is 22.6 Å². The van der Waals surface area contributed by atoms with Crippen molar-refractivity contribution in [2.75, 3.05) is 0 Å². The van der Waals surface area contributed by atoms with E-state index in [2.05, 4.69) is 4.98 Å². The van der Waals surface area contributed by atoms with Crippen LogP contribution in [-0.2, 0) is 17.4 Å². The number of aromatic nitrogens is 1. The molecule has 0 aliphatic heterocycles. The fraction of sp³-hybridized carbons (Fsp3) is 0.333. The summed E-state index contributed by atoms with van der Waals surface area (Å²) in [4.78, 5) is 13.6. The molecule has 0 bridgehead atoms. The highest BCUT2D eigenvalue weighted by Crippen LogP contribution is 2.38. The van der Waals surface area contributed by atoms with Gasteiger partial charge in [-0.05, 0) is 34.2 Å². The first-order valence-electron chi connectivity index (χ1n) is 4.39. The Kier molecular flexibility index (Phi) is 4.46. The number of carboxylic acids is 1. The highest BCUT2D eigenvalue weighted by molar-refractivity contribution is 14.1. The number of pyridine rings is 1. The van der Waals surface area contributed by atoms with E-state index < -0.39 is 41.8 Å². The van der Waals surface area contributed by atoms with E-state index in [1.54, 1.807) is 0 Å². The summed E-state index contributed by atoms with van der Waals surface area (Å²) in [6.45, 7) is 0. The molecule has 1 aromatic rings. The third kappa shape index (κ3) is 3.50. The molecule has 1 aromatic heterocycles. The zero-order chi connectivity index (χ0) is 14.1. The number of carboxylic acid groups (broad SMARTS) is 1. The van der Waals surface area contributed by atoms with Gasteiger partial charge in [0.2, 0.25) is 0 Å². The van der Waals surface area contributed by atoms with Crippen molar-refractivity contribution in [2.24, 2.45) is 0 Å². The van der Waals surface area contributed by atoms with Gasteiger partial charge in [-0.1, -0.05) is 0 Å². The molecule has 0 aromatic carbocycles. The highest BCUT2D eigenvalue weighted by Gasteiger charge is 2.40. The van der Waals surface area contributed by atoms with Gasteiger partial charge in [0.25, 0.3) is 6.43 Å². The summed E-state index contributed by atoms with van der Waals surface area (Å²) in [5.74, 6) is -1.54. The van der Waals surface area contributed by atoms with Gasteiger partial charge in [0.1, 0.15) is 9.39 Å². The number of alkyl halides is 5. The van der Waals surface area contributed by atoms with E-state index in [-0.39, 0.29) is 3.70 Å². The first-order chi connectivity index (χ1) is 8.12. The van der Waals surface area contributed by atoms with Crippen molar-refractivity contribution in [3.63, 3.8) is 0 Å². The molecule has 0 amide bonds. The molecule has 3 nitrogen and oxygen atoms in total. The summed E-state index contributed by atoms with van der Waals surface area (Å²) in [6.07, 6.45) is -9.50. The Hall–Kier alpha value is -1.00. The molecule has 0 aliphatic carbocycles. The van der Waals surface area contributed by atoms with E-state index in [9.17, 15) is 26.7 Å². The number of hydrogen-bond donors (Lipinski definition) is 1. The van der Waals surface area contributed by atoms with Gasteiger partial charge >= 0.3 is 12.1 Å². The number of aliphatic carboxylic acids is 1. The molecular formula is C9H5F5INO2. The number of halogens is 6. The molecule has 0 aliphatic rings. The monoisotopic (exact) mass is 381 g/mol. The third-order valence-electron chi connectivity index (χ3n) is 1.93. The van der Waals surface area contributed by atoms with E-state index in [1.807, 2.05) is 0 Å². The molecule has 0 saturated heterocycles. The van der Waals surface area contributed by atoms with Gasteiger partial charge in [0, 0.05) is 0 Å². The summed E-state index contributed by atoms with van der Waals surface area (Å²) in [5, 5.41) is 8.50. The Balaban J connectivity index is 3.53. The van der Waals surface area contributed by atoms with Crippen LogP contribution in [-0.4, -0.2) is 16.1 Å². The van der Waals surface area contributed by atoms with Crippen molar-refractivity contribution in [3.05, 3.63) is 26.6 Å². The zero-order valence-corrected chi connectivity index (χ0v) is 10.6. The number of hydrogen-bond acceptors (Lipinski definition) is 2. The van der Waals surface area contributed by atoms with Crippen LogP contribution in [0.25, 0.3) is 0 Å². The summed E-state index contributed by atoms with van der Waals surface area (Å²) in [6, 6.07) is 0.837. The molecule has 0 saturated carbocycles. The van der Waals surface area contributed by atoms with Gasteiger partial charge in [0.05, 0.1) is 12.0 Å². The summed E-state index contributed by atoms with van der Waals surface area (Å²) >= 11 is 1.45. The van der Waals surface area contributed by atoms with E-state index in [4.69, 9.17) is 5.11 Å². The first kappa shape index (κ1) is 15.1. The summed E-state index contributed by atoms with van der Waals surface area (Å²) in [5.41, 5.74) is -3.82. The molecule has 18 heavy (non-hydrogen) atoms. The predicted octanol–water partition coefficient (Wildman–Crippen LogP) is 3.27. The van der Waals surface area contributed by atoms with Crippen LogP contribution in [0.3, 0.4) is 0 Å². The van der Waals surface area contributed by atoms with Crippen LogP contribution in [0.2, 0.25) is 0 Å². The summed E-state index contributed by atoms with van der Waals surface area (Å²) in [7, 11) is 0. The maximum absolute atomic E-state index is 12.7. The molecule has 1 rings (SSSR count). The fourth-order valence-corrected chi connectivity index (χ4v) is 2.01. The average molecular weight is 381 g/mol.